The third kappa shape index (κ3) is 2.92. The van der Waals surface area contributed by atoms with Gasteiger partial charge in [0.25, 0.3) is 0 Å². The highest BCUT2D eigenvalue weighted by atomic mass is 16.5. The fourth-order valence-corrected chi connectivity index (χ4v) is 0.685. The van der Waals surface area contributed by atoms with Crippen molar-refractivity contribution < 1.29 is 9.26 Å². The molecule has 0 unspecified atom stereocenters. The highest BCUT2D eigenvalue weighted by Crippen LogP contribution is 2.12. The van der Waals surface area contributed by atoms with Gasteiger partial charge in [-0.2, -0.15) is 0 Å². The van der Waals surface area contributed by atoms with Gasteiger partial charge in [-0.15, -0.1) is 0 Å². The maximum Gasteiger partial charge on any atom is 0.167 e. The molecule has 0 spiro atoms. The molecule has 4 nitrogen and oxygen atoms in total. The van der Waals surface area contributed by atoms with Gasteiger partial charge in [-0.1, -0.05) is 5.16 Å². The molecule has 2 N–H and O–H groups in total. The maximum absolute atomic E-state index is 5.44. The summed E-state index contributed by atoms with van der Waals surface area (Å²) in [5, 5.41) is 3.54. The molecule has 0 amide bonds. The molecule has 0 saturated carbocycles. The number of anilines is 1. The zero-order valence-corrected chi connectivity index (χ0v) is 7.63. The van der Waals surface area contributed by atoms with Gasteiger partial charge in [0.05, 0.1) is 5.60 Å². The molecule has 0 radical (unpaired) electrons. The van der Waals surface area contributed by atoms with Gasteiger partial charge in [0.15, 0.2) is 11.6 Å². The Bertz CT molecular complexity index is 250. The Balaban J connectivity index is 2.44. The van der Waals surface area contributed by atoms with E-state index < -0.39 is 0 Å². The quantitative estimate of drug-likeness (QED) is 0.731. The average Bonchev–Trinajstić information content (AvgIpc) is 2.30. The summed E-state index contributed by atoms with van der Waals surface area (Å²) in [6.45, 7) is 6.35. The first-order chi connectivity index (χ1) is 5.47. The van der Waals surface area contributed by atoms with Crippen LogP contribution in [0.4, 0.5) is 5.82 Å². The second-order valence-corrected chi connectivity index (χ2v) is 3.62. The van der Waals surface area contributed by atoms with Crippen LogP contribution in [0.5, 0.6) is 0 Å². The molecule has 0 atom stereocenters. The van der Waals surface area contributed by atoms with Crippen LogP contribution in [0, 0.1) is 0 Å². The van der Waals surface area contributed by atoms with Crippen molar-refractivity contribution in [3.8, 4) is 0 Å². The second kappa shape index (κ2) is 3.15. The van der Waals surface area contributed by atoms with E-state index in [0.717, 1.165) is 0 Å². The first-order valence-corrected chi connectivity index (χ1v) is 3.82. The maximum atomic E-state index is 5.44. The van der Waals surface area contributed by atoms with Crippen LogP contribution in [0.15, 0.2) is 10.6 Å². The Labute approximate surface area is 71.7 Å². The highest BCUT2D eigenvalue weighted by molar-refractivity contribution is 5.25. The van der Waals surface area contributed by atoms with Gasteiger partial charge in [-0.25, -0.2) is 0 Å². The van der Waals surface area contributed by atoms with Crippen molar-refractivity contribution in [2.45, 2.75) is 33.0 Å². The molecule has 1 aromatic rings. The number of nitrogens with zero attached hydrogens (tertiary/aromatic N) is 1. The molecule has 4 heteroatoms. The predicted molar refractivity (Wildman–Crippen MR) is 45.5 cm³/mol. The van der Waals surface area contributed by atoms with Gasteiger partial charge < -0.3 is 15.0 Å². The Morgan fingerprint density at radius 2 is 2.25 bits per heavy atom. The Morgan fingerprint density at radius 1 is 1.58 bits per heavy atom. The van der Waals surface area contributed by atoms with E-state index >= 15 is 0 Å². The summed E-state index contributed by atoms with van der Waals surface area (Å²) >= 11 is 0. The molecule has 68 valence electrons. The van der Waals surface area contributed by atoms with E-state index in [9.17, 15) is 0 Å². The van der Waals surface area contributed by atoms with Crippen LogP contribution in [0.25, 0.3) is 0 Å². The number of aromatic nitrogens is 1. The number of rotatable bonds is 2. The fraction of sp³-hybridized carbons (Fsp3) is 0.625. The molecular formula is C8H14N2O2. The van der Waals surface area contributed by atoms with Crippen LogP contribution in [-0.2, 0) is 11.3 Å². The number of hydrogen-bond acceptors (Lipinski definition) is 4. The summed E-state index contributed by atoms with van der Waals surface area (Å²) in [6, 6.07) is 1.66. The average molecular weight is 170 g/mol. The Morgan fingerprint density at radius 3 is 2.67 bits per heavy atom. The third-order valence-electron chi connectivity index (χ3n) is 1.22. The van der Waals surface area contributed by atoms with Gasteiger partial charge >= 0.3 is 0 Å². The lowest BCUT2D eigenvalue weighted by Gasteiger charge is -2.17. The number of nitrogen functional groups attached to an aromatic ring is 1. The Kier molecular flexibility index (Phi) is 2.38. The molecule has 0 aliphatic heterocycles. The molecule has 0 aliphatic carbocycles. The van der Waals surface area contributed by atoms with Crippen molar-refractivity contribution in [3.63, 3.8) is 0 Å². The Hall–Kier alpha value is -1.03. The summed E-state index contributed by atoms with van der Waals surface area (Å²) in [4.78, 5) is 0. The van der Waals surface area contributed by atoms with Crippen LogP contribution < -0.4 is 5.73 Å². The van der Waals surface area contributed by atoms with E-state index in [2.05, 4.69) is 5.16 Å². The molecule has 0 fully saturated rings. The number of nitrogens with two attached hydrogens (primary N) is 1. The fourth-order valence-electron chi connectivity index (χ4n) is 0.685. The van der Waals surface area contributed by atoms with Crippen LogP contribution in [0.3, 0.4) is 0 Å². The summed E-state index contributed by atoms with van der Waals surface area (Å²) < 4.78 is 10.3. The van der Waals surface area contributed by atoms with E-state index in [4.69, 9.17) is 15.0 Å². The summed E-state index contributed by atoms with van der Waals surface area (Å²) in [5.74, 6) is 1.05. The summed E-state index contributed by atoms with van der Waals surface area (Å²) in [7, 11) is 0. The first-order valence-electron chi connectivity index (χ1n) is 3.82. The molecular weight excluding hydrogens is 156 g/mol. The zero-order chi connectivity index (χ0) is 9.19. The number of ether oxygens (including phenoxy) is 1. The van der Waals surface area contributed by atoms with E-state index in [1.165, 1.54) is 0 Å². The lowest BCUT2D eigenvalue weighted by molar-refractivity contribution is -0.0241. The van der Waals surface area contributed by atoms with Crippen LogP contribution in [0.1, 0.15) is 26.5 Å². The van der Waals surface area contributed by atoms with Crippen molar-refractivity contribution in [3.05, 3.63) is 11.8 Å². The largest absolute Gasteiger partial charge is 0.381 e. The molecule has 12 heavy (non-hydrogen) atoms. The minimum Gasteiger partial charge on any atom is -0.381 e. The monoisotopic (exact) mass is 170 g/mol. The van der Waals surface area contributed by atoms with Crippen molar-refractivity contribution >= 4 is 5.82 Å². The number of hydrogen-bond donors (Lipinski definition) is 1. The molecule has 0 aromatic carbocycles. The first kappa shape index (κ1) is 9.06. The van der Waals surface area contributed by atoms with E-state index in [0.29, 0.717) is 18.2 Å². The normalized spacial score (nSPS) is 11.9. The van der Waals surface area contributed by atoms with Gasteiger partial charge in [0.1, 0.15) is 6.61 Å². The summed E-state index contributed by atoms with van der Waals surface area (Å²) in [5.41, 5.74) is 5.19. The van der Waals surface area contributed by atoms with E-state index in [1.54, 1.807) is 6.07 Å². The second-order valence-electron chi connectivity index (χ2n) is 3.62. The van der Waals surface area contributed by atoms with E-state index in [1.807, 2.05) is 20.8 Å². The zero-order valence-electron chi connectivity index (χ0n) is 7.63. The van der Waals surface area contributed by atoms with Gasteiger partial charge in [0, 0.05) is 6.07 Å². The van der Waals surface area contributed by atoms with Crippen molar-refractivity contribution in [1.82, 2.24) is 5.16 Å². The van der Waals surface area contributed by atoms with Crippen LogP contribution in [0.2, 0.25) is 0 Å². The van der Waals surface area contributed by atoms with Gasteiger partial charge in [-0.05, 0) is 20.8 Å². The van der Waals surface area contributed by atoms with Crippen molar-refractivity contribution in [2.24, 2.45) is 0 Å². The minimum atomic E-state index is -0.165. The van der Waals surface area contributed by atoms with E-state index in [-0.39, 0.29) is 5.60 Å². The van der Waals surface area contributed by atoms with Crippen molar-refractivity contribution in [2.75, 3.05) is 5.73 Å². The standard InChI is InChI=1S/C8H14N2O2/c1-8(2,3)11-5-6-4-7(9)10-12-6/h4H,5H2,1-3H3,(H2,9,10). The molecule has 0 bridgehead atoms. The minimum absolute atomic E-state index is 0.165. The summed E-state index contributed by atoms with van der Waals surface area (Å²) in [6.07, 6.45) is 0. The van der Waals surface area contributed by atoms with Gasteiger partial charge in [-0.3, -0.25) is 0 Å². The SMILES string of the molecule is CC(C)(C)OCc1cc(N)no1. The molecule has 1 heterocycles. The molecule has 1 rings (SSSR count). The van der Waals surface area contributed by atoms with Crippen molar-refractivity contribution in [1.29, 1.82) is 0 Å². The highest BCUT2D eigenvalue weighted by Gasteiger charge is 2.11. The lowest BCUT2D eigenvalue weighted by atomic mass is 10.2. The van der Waals surface area contributed by atoms with Gasteiger partial charge in [0.2, 0.25) is 0 Å². The molecule has 0 saturated heterocycles. The molecule has 0 aliphatic rings. The smallest absolute Gasteiger partial charge is 0.167 e. The predicted octanol–water partition coefficient (Wildman–Crippen LogP) is 1.57. The molecule has 1 aromatic heterocycles. The lowest BCUT2D eigenvalue weighted by Crippen LogP contribution is -2.18. The third-order valence-corrected chi connectivity index (χ3v) is 1.22. The van der Waals surface area contributed by atoms with Crippen LogP contribution >= 0.6 is 0 Å². The topological polar surface area (TPSA) is 61.3 Å². The van der Waals surface area contributed by atoms with Crippen LogP contribution in [-0.4, -0.2) is 10.8 Å².